The van der Waals surface area contributed by atoms with E-state index >= 15 is 0 Å². The first-order chi connectivity index (χ1) is 12.5. The molecule has 27 heavy (non-hydrogen) atoms. The van der Waals surface area contributed by atoms with E-state index in [4.69, 9.17) is 4.98 Å². The smallest absolute Gasteiger partial charge is 0.265 e. The number of thiazole rings is 1. The number of amides is 1. The van der Waals surface area contributed by atoms with E-state index in [1.54, 1.807) is 11.3 Å². The van der Waals surface area contributed by atoms with Gasteiger partial charge in [-0.1, -0.05) is 23.8 Å². The number of hydrogen-bond donors (Lipinski definition) is 1. The monoisotopic (exact) mass is 405 g/mol. The molecule has 2 aliphatic rings. The molecule has 2 aromatic rings. The van der Waals surface area contributed by atoms with Crippen molar-refractivity contribution in [3.05, 3.63) is 39.9 Å². The van der Waals surface area contributed by atoms with E-state index < -0.39 is 0 Å². The number of rotatable bonds is 2. The van der Waals surface area contributed by atoms with Crippen LogP contribution in [0.15, 0.2) is 18.2 Å². The summed E-state index contributed by atoms with van der Waals surface area (Å²) in [6.07, 6.45) is 3.49. The van der Waals surface area contributed by atoms with Crippen LogP contribution in [0.5, 0.6) is 0 Å². The van der Waals surface area contributed by atoms with E-state index in [9.17, 15) is 4.79 Å². The molecule has 4 nitrogen and oxygen atoms in total. The van der Waals surface area contributed by atoms with Gasteiger partial charge in [0.15, 0.2) is 0 Å². The highest BCUT2D eigenvalue weighted by atomic mass is 35.5. The van der Waals surface area contributed by atoms with Gasteiger partial charge in [-0.25, -0.2) is 4.98 Å². The lowest BCUT2D eigenvalue weighted by Gasteiger charge is -2.38. The van der Waals surface area contributed by atoms with E-state index in [-0.39, 0.29) is 18.3 Å². The number of piperidine rings is 1. The second-order valence-corrected chi connectivity index (χ2v) is 8.97. The molecule has 1 N–H and O–H groups in total. The minimum Gasteiger partial charge on any atom is -0.338 e. The van der Waals surface area contributed by atoms with Crippen LogP contribution in [0.2, 0.25) is 0 Å². The number of benzene rings is 1. The second-order valence-electron chi connectivity index (χ2n) is 7.97. The highest BCUT2D eigenvalue weighted by molar-refractivity contribution is 7.17. The third kappa shape index (κ3) is 3.91. The second kappa shape index (κ2) is 7.90. The topological polar surface area (TPSA) is 45.2 Å². The normalized spacial score (nSPS) is 18.6. The van der Waals surface area contributed by atoms with Crippen molar-refractivity contribution >= 4 is 29.7 Å². The minimum atomic E-state index is 0. The summed E-state index contributed by atoms with van der Waals surface area (Å²) in [5.41, 5.74) is 4.89. The SMILES string of the molecule is Cc1ccc(-c2nc(C)c(C(=O)N3CCC4(CCNC4)CC3)s2)c(C)c1.Cl. The Morgan fingerprint density at radius 2 is 1.93 bits per heavy atom. The van der Waals surface area contributed by atoms with Crippen LogP contribution < -0.4 is 5.32 Å². The predicted molar refractivity (Wildman–Crippen MR) is 114 cm³/mol. The zero-order chi connectivity index (χ0) is 18.3. The van der Waals surface area contributed by atoms with Gasteiger partial charge in [-0.3, -0.25) is 4.79 Å². The van der Waals surface area contributed by atoms with Crippen molar-refractivity contribution in [3.8, 4) is 10.6 Å². The van der Waals surface area contributed by atoms with Crippen molar-refractivity contribution in [3.63, 3.8) is 0 Å². The first-order valence-corrected chi connectivity index (χ1v) is 10.3. The summed E-state index contributed by atoms with van der Waals surface area (Å²) in [6.45, 7) is 10.2. The first-order valence-electron chi connectivity index (χ1n) is 9.53. The molecule has 2 fully saturated rings. The summed E-state index contributed by atoms with van der Waals surface area (Å²) in [6, 6.07) is 6.41. The summed E-state index contributed by atoms with van der Waals surface area (Å²) in [5, 5.41) is 4.44. The number of carbonyl (C=O) groups is 1. The molecule has 2 saturated heterocycles. The molecule has 1 aromatic carbocycles. The first kappa shape index (κ1) is 20.3. The number of aryl methyl sites for hydroxylation is 3. The molecule has 6 heteroatoms. The van der Waals surface area contributed by atoms with Crippen molar-refractivity contribution in [1.82, 2.24) is 15.2 Å². The van der Waals surface area contributed by atoms with E-state index in [1.807, 2.05) is 11.8 Å². The van der Waals surface area contributed by atoms with E-state index in [2.05, 4.69) is 37.4 Å². The molecule has 3 heterocycles. The fourth-order valence-corrected chi connectivity index (χ4v) is 5.44. The Bertz CT molecular complexity index is 832. The third-order valence-electron chi connectivity index (χ3n) is 6.05. The summed E-state index contributed by atoms with van der Waals surface area (Å²) in [7, 11) is 0. The highest BCUT2D eigenvalue weighted by Gasteiger charge is 2.38. The molecule has 1 amide bonds. The lowest BCUT2D eigenvalue weighted by atomic mass is 9.78. The Morgan fingerprint density at radius 1 is 1.19 bits per heavy atom. The van der Waals surface area contributed by atoms with Crippen LogP contribution in [-0.2, 0) is 0 Å². The Balaban J connectivity index is 0.00000210. The molecular formula is C21H28ClN3OS. The van der Waals surface area contributed by atoms with Crippen LogP contribution in [-0.4, -0.2) is 42.0 Å². The zero-order valence-corrected chi connectivity index (χ0v) is 17.9. The Hall–Kier alpha value is -1.43. The lowest BCUT2D eigenvalue weighted by molar-refractivity contribution is 0.0611. The van der Waals surface area contributed by atoms with Crippen molar-refractivity contribution in [2.45, 2.75) is 40.0 Å². The maximum Gasteiger partial charge on any atom is 0.265 e. The van der Waals surface area contributed by atoms with Gasteiger partial charge in [0.1, 0.15) is 9.88 Å². The molecule has 1 spiro atoms. The van der Waals surface area contributed by atoms with Crippen molar-refractivity contribution < 1.29 is 4.79 Å². The molecule has 146 valence electrons. The molecule has 2 aliphatic heterocycles. The van der Waals surface area contributed by atoms with Gasteiger partial charge in [-0.2, -0.15) is 0 Å². The zero-order valence-electron chi connectivity index (χ0n) is 16.3. The molecule has 0 radical (unpaired) electrons. The van der Waals surface area contributed by atoms with Gasteiger partial charge >= 0.3 is 0 Å². The van der Waals surface area contributed by atoms with E-state index in [1.165, 1.54) is 17.5 Å². The summed E-state index contributed by atoms with van der Waals surface area (Å²) in [5.74, 6) is 0.164. The Kier molecular flexibility index (Phi) is 5.94. The predicted octanol–water partition coefficient (Wildman–Crippen LogP) is 4.37. The number of carbonyl (C=O) groups excluding carboxylic acids is 1. The van der Waals surface area contributed by atoms with Crippen LogP contribution in [0.25, 0.3) is 10.6 Å². The largest absolute Gasteiger partial charge is 0.338 e. The minimum absolute atomic E-state index is 0. The van der Waals surface area contributed by atoms with Gasteiger partial charge < -0.3 is 10.2 Å². The molecule has 0 aliphatic carbocycles. The molecule has 4 rings (SSSR count). The third-order valence-corrected chi connectivity index (χ3v) is 7.23. The summed E-state index contributed by atoms with van der Waals surface area (Å²) < 4.78 is 0. The van der Waals surface area contributed by atoms with Crippen LogP contribution in [0.1, 0.15) is 45.8 Å². The maximum atomic E-state index is 13.1. The number of nitrogens with one attached hydrogen (secondary N) is 1. The number of hydrogen-bond acceptors (Lipinski definition) is 4. The summed E-state index contributed by atoms with van der Waals surface area (Å²) in [4.78, 5) is 20.7. The standard InChI is InChI=1S/C21H27N3OS.ClH/c1-14-4-5-17(15(2)12-14)19-23-16(3)18(26-19)20(25)24-10-7-21(8-11-24)6-9-22-13-21;/h4-5,12,22H,6-11,13H2,1-3H3;1H. The fraction of sp³-hybridized carbons (Fsp3) is 0.524. The number of likely N-dealkylation sites (tertiary alicyclic amines) is 1. The van der Waals surface area contributed by atoms with E-state index in [0.29, 0.717) is 5.41 Å². The van der Waals surface area contributed by atoms with Crippen molar-refractivity contribution in [2.24, 2.45) is 5.41 Å². The number of halogens is 1. The molecule has 0 unspecified atom stereocenters. The summed E-state index contributed by atoms with van der Waals surface area (Å²) >= 11 is 1.54. The molecule has 1 aromatic heterocycles. The van der Waals surface area contributed by atoms with Gasteiger partial charge in [0, 0.05) is 25.2 Å². The van der Waals surface area contributed by atoms with Gasteiger partial charge in [0.2, 0.25) is 0 Å². The molecule has 0 atom stereocenters. The van der Waals surface area contributed by atoms with Crippen LogP contribution in [0.3, 0.4) is 0 Å². The van der Waals surface area contributed by atoms with Crippen molar-refractivity contribution in [1.29, 1.82) is 0 Å². The average Bonchev–Trinajstić information content (AvgIpc) is 3.22. The van der Waals surface area contributed by atoms with Crippen LogP contribution in [0, 0.1) is 26.2 Å². The molecule has 0 bridgehead atoms. The van der Waals surface area contributed by atoms with Crippen LogP contribution >= 0.6 is 23.7 Å². The van der Waals surface area contributed by atoms with Gasteiger partial charge in [0.25, 0.3) is 5.91 Å². The van der Waals surface area contributed by atoms with Gasteiger partial charge in [0.05, 0.1) is 5.69 Å². The fourth-order valence-electron chi connectivity index (χ4n) is 4.31. The molecular weight excluding hydrogens is 378 g/mol. The van der Waals surface area contributed by atoms with E-state index in [0.717, 1.165) is 60.2 Å². The quantitative estimate of drug-likeness (QED) is 0.806. The van der Waals surface area contributed by atoms with Crippen molar-refractivity contribution in [2.75, 3.05) is 26.2 Å². The highest BCUT2D eigenvalue weighted by Crippen LogP contribution is 2.38. The average molecular weight is 406 g/mol. The van der Waals surface area contributed by atoms with Gasteiger partial charge in [-0.05, 0) is 57.6 Å². The molecule has 0 saturated carbocycles. The van der Waals surface area contributed by atoms with Crippen LogP contribution in [0.4, 0.5) is 0 Å². The number of aromatic nitrogens is 1. The van der Waals surface area contributed by atoms with Gasteiger partial charge in [-0.15, -0.1) is 23.7 Å². The Labute approximate surface area is 171 Å². The number of nitrogens with zero attached hydrogens (tertiary/aromatic N) is 2. The maximum absolute atomic E-state index is 13.1. The Morgan fingerprint density at radius 3 is 2.56 bits per heavy atom. The lowest BCUT2D eigenvalue weighted by Crippen LogP contribution is -2.44.